The lowest BCUT2D eigenvalue weighted by Crippen LogP contribution is -1.94. The third-order valence-corrected chi connectivity index (χ3v) is 1.85. The van der Waals surface area contributed by atoms with E-state index in [0.29, 0.717) is 5.92 Å². The number of hydrogen-bond donors (Lipinski definition) is 0. The van der Waals surface area contributed by atoms with E-state index in [1.165, 1.54) is 17.6 Å². The molecule has 0 aromatic heterocycles. The Hall–Kier alpha value is -0.520. The molecule has 0 bridgehead atoms. The van der Waals surface area contributed by atoms with Crippen LogP contribution in [0.25, 0.3) is 0 Å². The molecular weight excluding hydrogens is 120 g/mol. The summed E-state index contributed by atoms with van der Waals surface area (Å²) in [4.78, 5) is 0. The van der Waals surface area contributed by atoms with Crippen LogP contribution in [0.5, 0.6) is 0 Å². The normalized spacial score (nSPS) is 12.7. The first-order valence-electron chi connectivity index (χ1n) is 3.83. The first kappa shape index (κ1) is 9.48. The summed E-state index contributed by atoms with van der Waals surface area (Å²) >= 11 is 0. The fourth-order valence-corrected chi connectivity index (χ4v) is 0.709. The van der Waals surface area contributed by atoms with Crippen molar-refractivity contribution in [1.29, 1.82) is 0 Å². The molecule has 0 heterocycles. The average Bonchev–Trinajstić information content (AvgIpc) is 1.82. The molecule has 0 unspecified atom stereocenters. The summed E-state index contributed by atoms with van der Waals surface area (Å²) < 4.78 is 0. The van der Waals surface area contributed by atoms with Crippen molar-refractivity contribution in [2.75, 3.05) is 0 Å². The van der Waals surface area contributed by atoms with Gasteiger partial charge in [-0.3, -0.25) is 0 Å². The Labute approximate surface area is 64.6 Å². The van der Waals surface area contributed by atoms with Crippen molar-refractivity contribution in [1.82, 2.24) is 0 Å². The van der Waals surface area contributed by atoms with Crippen molar-refractivity contribution in [3.05, 3.63) is 24.3 Å². The van der Waals surface area contributed by atoms with Crippen LogP contribution in [0.2, 0.25) is 0 Å². The predicted molar refractivity (Wildman–Crippen MR) is 48.0 cm³/mol. The molecule has 0 spiro atoms. The Morgan fingerprint density at radius 1 is 1.30 bits per heavy atom. The van der Waals surface area contributed by atoms with Gasteiger partial charge in [-0.25, -0.2) is 0 Å². The lowest BCUT2D eigenvalue weighted by Gasteiger charge is -2.09. The zero-order valence-electron chi connectivity index (χ0n) is 7.41. The van der Waals surface area contributed by atoms with Gasteiger partial charge in [0.25, 0.3) is 0 Å². The van der Waals surface area contributed by atoms with Gasteiger partial charge in [0.15, 0.2) is 0 Å². The Balaban J connectivity index is 3.49. The molecule has 0 aromatic carbocycles. The average molecular weight is 138 g/mol. The molecule has 0 aromatic rings. The molecule has 0 N–H and O–H groups in total. The second-order valence-corrected chi connectivity index (χ2v) is 3.24. The van der Waals surface area contributed by atoms with E-state index in [0.717, 1.165) is 6.42 Å². The molecule has 1 atom stereocenters. The van der Waals surface area contributed by atoms with Crippen LogP contribution in [-0.4, -0.2) is 0 Å². The molecule has 10 heavy (non-hydrogen) atoms. The van der Waals surface area contributed by atoms with Crippen LogP contribution in [-0.2, 0) is 0 Å². The highest BCUT2D eigenvalue weighted by Gasteiger charge is 2.00. The molecule has 0 saturated carbocycles. The van der Waals surface area contributed by atoms with Crippen LogP contribution in [0.3, 0.4) is 0 Å². The first-order chi connectivity index (χ1) is 4.54. The van der Waals surface area contributed by atoms with E-state index in [2.05, 4.69) is 33.9 Å². The van der Waals surface area contributed by atoms with Crippen molar-refractivity contribution in [3.63, 3.8) is 0 Å². The summed E-state index contributed by atoms with van der Waals surface area (Å²) in [5.74, 6) is 0.650. The molecule has 0 aliphatic carbocycles. The van der Waals surface area contributed by atoms with Gasteiger partial charge in [0.1, 0.15) is 0 Å². The van der Waals surface area contributed by atoms with Crippen LogP contribution < -0.4 is 0 Å². The van der Waals surface area contributed by atoms with Crippen molar-refractivity contribution in [3.8, 4) is 0 Å². The molecular formula is C10H18. The van der Waals surface area contributed by atoms with E-state index in [-0.39, 0.29) is 0 Å². The maximum absolute atomic E-state index is 3.90. The van der Waals surface area contributed by atoms with E-state index in [9.17, 15) is 0 Å². The molecule has 0 nitrogen and oxygen atoms in total. The Kier molecular flexibility index (Phi) is 4.10. The van der Waals surface area contributed by atoms with E-state index in [4.69, 9.17) is 0 Å². The van der Waals surface area contributed by atoms with Crippen molar-refractivity contribution in [2.45, 2.75) is 33.6 Å². The van der Waals surface area contributed by atoms with E-state index in [1.54, 1.807) is 0 Å². The zero-order valence-corrected chi connectivity index (χ0v) is 7.41. The van der Waals surface area contributed by atoms with Gasteiger partial charge in [0.05, 0.1) is 0 Å². The number of allylic oxidation sites excluding steroid dienone is 2. The van der Waals surface area contributed by atoms with Crippen LogP contribution >= 0.6 is 0 Å². The van der Waals surface area contributed by atoms with Gasteiger partial charge in [-0.2, -0.15) is 0 Å². The summed E-state index contributed by atoms with van der Waals surface area (Å²) in [6.07, 6.45) is 2.33. The second kappa shape index (κ2) is 4.32. The van der Waals surface area contributed by atoms with E-state index in [1.807, 2.05) is 0 Å². The zero-order chi connectivity index (χ0) is 8.15. The van der Waals surface area contributed by atoms with E-state index >= 15 is 0 Å². The summed E-state index contributed by atoms with van der Waals surface area (Å²) in [6.45, 7) is 14.1. The molecule has 0 radical (unpaired) electrons. The molecule has 58 valence electrons. The highest BCUT2D eigenvalue weighted by atomic mass is 14.1. The number of hydrogen-bond acceptors (Lipinski definition) is 0. The van der Waals surface area contributed by atoms with Crippen LogP contribution in [0.1, 0.15) is 33.6 Å². The molecule has 0 rings (SSSR count). The second-order valence-electron chi connectivity index (χ2n) is 3.24. The summed E-state index contributed by atoms with van der Waals surface area (Å²) in [5, 5.41) is 0. The third-order valence-electron chi connectivity index (χ3n) is 1.85. The highest BCUT2D eigenvalue weighted by molar-refractivity contribution is 4.97. The first-order valence-corrected chi connectivity index (χ1v) is 3.83. The molecule has 0 saturated heterocycles. The summed E-state index contributed by atoms with van der Waals surface area (Å²) in [5.41, 5.74) is 2.55. The molecule has 0 aliphatic rings. The van der Waals surface area contributed by atoms with Crippen molar-refractivity contribution < 1.29 is 0 Å². The lowest BCUT2D eigenvalue weighted by molar-refractivity contribution is 0.613. The maximum atomic E-state index is 3.90. The van der Waals surface area contributed by atoms with Gasteiger partial charge >= 0.3 is 0 Å². The van der Waals surface area contributed by atoms with Crippen molar-refractivity contribution >= 4 is 0 Å². The summed E-state index contributed by atoms with van der Waals surface area (Å²) in [6, 6.07) is 0. The topological polar surface area (TPSA) is 0 Å². The van der Waals surface area contributed by atoms with Crippen LogP contribution in [0.4, 0.5) is 0 Å². The molecule has 0 fully saturated rings. The third kappa shape index (κ3) is 4.37. The fourth-order valence-electron chi connectivity index (χ4n) is 0.709. The summed E-state index contributed by atoms with van der Waals surface area (Å²) in [7, 11) is 0. The van der Waals surface area contributed by atoms with Gasteiger partial charge in [-0.05, 0) is 32.6 Å². The minimum Gasteiger partial charge on any atom is -0.100 e. The predicted octanol–water partition coefficient (Wildman–Crippen LogP) is 3.55. The van der Waals surface area contributed by atoms with Gasteiger partial charge in [-0.15, -0.1) is 6.58 Å². The van der Waals surface area contributed by atoms with Gasteiger partial charge in [0, 0.05) is 0 Å². The monoisotopic (exact) mass is 138 g/mol. The van der Waals surface area contributed by atoms with Gasteiger partial charge in [-0.1, -0.05) is 24.6 Å². The highest BCUT2D eigenvalue weighted by Crippen LogP contribution is 2.16. The SMILES string of the molecule is C=C(C)CC[C@H](C)C(=C)C. The quantitative estimate of drug-likeness (QED) is 0.521. The maximum Gasteiger partial charge on any atom is -0.0234 e. The molecule has 0 amide bonds. The van der Waals surface area contributed by atoms with Crippen LogP contribution in [0, 0.1) is 5.92 Å². The van der Waals surface area contributed by atoms with Gasteiger partial charge in [0.2, 0.25) is 0 Å². The Morgan fingerprint density at radius 2 is 1.80 bits per heavy atom. The van der Waals surface area contributed by atoms with Crippen molar-refractivity contribution in [2.24, 2.45) is 5.92 Å². The minimum atomic E-state index is 0.650. The largest absolute Gasteiger partial charge is 0.100 e. The molecule has 0 heteroatoms. The Morgan fingerprint density at radius 3 is 2.10 bits per heavy atom. The Bertz CT molecular complexity index is 131. The van der Waals surface area contributed by atoms with Gasteiger partial charge < -0.3 is 0 Å². The van der Waals surface area contributed by atoms with Crippen LogP contribution in [0.15, 0.2) is 24.3 Å². The lowest BCUT2D eigenvalue weighted by atomic mass is 9.97. The molecule has 0 aliphatic heterocycles. The number of rotatable bonds is 4. The van der Waals surface area contributed by atoms with E-state index < -0.39 is 0 Å². The fraction of sp³-hybridized carbons (Fsp3) is 0.600. The smallest absolute Gasteiger partial charge is 0.0234 e. The standard InChI is InChI=1S/C10H18/c1-8(2)6-7-10(5)9(3)4/h10H,1,3,6-7H2,2,4-5H3/t10-/m0/s1. The minimum absolute atomic E-state index is 0.650.